The molecule has 2 aromatic rings. The van der Waals surface area contributed by atoms with Gasteiger partial charge in [-0.25, -0.2) is 8.42 Å². The van der Waals surface area contributed by atoms with Crippen LogP contribution >= 0.6 is 0 Å². The molecule has 0 spiro atoms. The smallest absolute Gasteiger partial charge is 0.268 e. The molecule has 0 radical (unpaired) electrons. The third-order valence-corrected chi connectivity index (χ3v) is 6.17. The van der Waals surface area contributed by atoms with Crippen molar-refractivity contribution in [3.8, 4) is 0 Å². The van der Waals surface area contributed by atoms with Crippen molar-refractivity contribution in [1.29, 1.82) is 0 Å². The Bertz CT molecular complexity index is 840. The summed E-state index contributed by atoms with van der Waals surface area (Å²) in [4.78, 5) is 12.3. The van der Waals surface area contributed by atoms with Gasteiger partial charge in [-0.05, 0) is 43.2 Å². The molecule has 0 aliphatic carbocycles. The summed E-state index contributed by atoms with van der Waals surface area (Å²) in [6.07, 6.45) is 2.48. The average molecular weight is 347 g/mol. The van der Waals surface area contributed by atoms with Gasteiger partial charge in [0.2, 0.25) is 10.0 Å². The lowest BCUT2D eigenvalue weighted by atomic mass is 10.1. The zero-order valence-corrected chi connectivity index (χ0v) is 14.6. The molecule has 0 unspecified atom stereocenters. The second kappa shape index (κ2) is 6.32. The summed E-state index contributed by atoms with van der Waals surface area (Å²) in [5.41, 5.74) is 2.21. The summed E-state index contributed by atoms with van der Waals surface area (Å²) in [7, 11) is -1.34. The average Bonchev–Trinajstić information content (AvgIpc) is 3.12. The predicted octanol–water partition coefficient (Wildman–Crippen LogP) is 2.06. The summed E-state index contributed by atoms with van der Waals surface area (Å²) >= 11 is 0. The fourth-order valence-electron chi connectivity index (χ4n) is 2.91. The van der Waals surface area contributed by atoms with E-state index < -0.39 is 10.0 Å². The Balaban J connectivity index is 1.71. The highest BCUT2D eigenvalue weighted by Crippen LogP contribution is 2.25. The van der Waals surface area contributed by atoms with Crippen LogP contribution < -0.4 is 9.62 Å². The first-order valence-corrected chi connectivity index (χ1v) is 9.52. The lowest BCUT2D eigenvalue weighted by molar-refractivity contribution is 0.0931. The topological polar surface area (TPSA) is 71.4 Å². The van der Waals surface area contributed by atoms with Crippen LogP contribution in [0.15, 0.2) is 42.6 Å². The van der Waals surface area contributed by atoms with Crippen molar-refractivity contribution in [3.05, 3.63) is 53.9 Å². The number of nitrogens with zero attached hydrogens (tertiary/aromatic N) is 2. The highest BCUT2D eigenvalue weighted by Gasteiger charge is 2.28. The van der Waals surface area contributed by atoms with Crippen LogP contribution in [0.2, 0.25) is 0 Å². The SMILES string of the molecule is C[C@H](NC(=O)c1cccn1C)c1ccc(N2CCCS2(=O)=O)cc1. The number of benzene rings is 1. The molecule has 7 heteroatoms. The van der Waals surface area contributed by atoms with E-state index in [4.69, 9.17) is 0 Å². The largest absolute Gasteiger partial charge is 0.347 e. The van der Waals surface area contributed by atoms with E-state index in [1.165, 1.54) is 4.31 Å². The Morgan fingerprint density at radius 2 is 1.92 bits per heavy atom. The van der Waals surface area contributed by atoms with Crippen molar-refractivity contribution in [2.75, 3.05) is 16.6 Å². The molecule has 1 saturated heterocycles. The quantitative estimate of drug-likeness (QED) is 0.920. The van der Waals surface area contributed by atoms with Gasteiger partial charge in [0.1, 0.15) is 5.69 Å². The summed E-state index contributed by atoms with van der Waals surface area (Å²) in [6, 6.07) is 10.7. The molecule has 0 bridgehead atoms. The van der Waals surface area contributed by atoms with Crippen LogP contribution in [0, 0.1) is 0 Å². The zero-order valence-electron chi connectivity index (χ0n) is 13.8. The number of aromatic nitrogens is 1. The van der Waals surface area contributed by atoms with E-state index in [1.54, 1.807) is 22.8 Å². The fraction of sp³-hybridized carbons (Fsp3) is 0.353. The van der Waals surface area contributed by atoms with Crippen molar-refractivity contribution in [2.45, 2.75) is 19.4 Å². The number of hydrogen-bond donors (Lipinski definition) is 1. The highest BCUT2D eigenvalue weighted by atomic mass is 32.2. The third-order valence-electron chi connectivity index (χ3n) is 4.30. The number of rotatable bonds is 4. The third kappa shape index (κ3) is 3.17. The molecule has 1 N–H and O–H groups in total. The van der Waals surface area contributed by atoms with Gasteiger partial charge in [0.05, 0.1) is 17.5 Å². The van der Waals surface area contributed by atoms with Crippen LogP contribution in [0.1, 0.15) is 35.4 Å². The van der Waals surface area contributed by atoms with Crippen molar-refractivity contribution >= 4 is 21.6 Å². The second-order valence-electron chi connectivity index (χ2n) is 6.03. The summed E-state index contributed by atoms with van der Waals surface area (Å²) in [5, 5.41) is 2.95. The highest BCUT2D eigenvalue weighted by molar-refractivity contribution is 7.93. The van der Waals surface area contributed by atoms with Gasteiger partial charge >= 0.3 is 0 Å². The maximum atomic E-state index is 12.3. The van der Waals surface area contributed by atoms with Crippen molar-refractivity contribution < 1.29 is 13.2 Å². The van der Waals surface area contributed by atoms with Gasteiger partial charge in [0.15, 0.2) is 0 Å². The maximum absolute atomic E-state index is 12.3. The zero-order chi connectivity index (χ0) is 17.3. The van der Waals surface area contributed by atoms with Crippen LogP contribution in [0.25, 0.3) is 0 Å². The molecule has 1 aliphatic heterocycles. The number of sulfonamides is 1. The van der Waals surface area contributed by atoms with Crippen molar-refractivity contribution in [3.63, 3.8) is 0 Å². The van der Waals surface area contributed by atoms with Gasteiger partial charge < -0.3 is 9.88 Å². The maximum Gasteiger partial charge on any atom is 0.268 e. The van der Waals surface area contributed by atoms with Gasteiger partial charge in [-0.3, -0.25) is 9.10 Å². The number of nitrogens with one attached hydrogen (secondary N) is 1. The van der Waals surface area contributed by atoms with Crippen molar-refractivity contribution in [2.24, 2.45) is 7.05 Å². The Kier molecular flexibility index (Phi) is 4.36. The van der Waals surface area contributed by atoms with Gasteiger partial charge in [0.25, 0.3) is 5.91 Å². The molecule has 1 aromatic carbocycles. The number of amides is 1. The molecule has 1 aromatic heterocycles. The number of aryl methyl sites for hydroxylation is 1. The molecule has 3 rings (SSSR count). The molecule has 1 atom stereocenters. The first kappa shape index (κ1) is 16.6. The Hall–Kier alpha value is -2.28. The van der Waals surface area contributed by atoms with E-state index in [2.05, 4.69) is 5.32 Å². The van der Waals surface area contributed by atoms with Crippen molar-refractivity contribution in [1.82, 2.24) is 9.88 Å². The minimum atomic E-state index is -3.17. The van der Waals surface area contributed by atoms with Gasteiger partial charge in [-0.2, -0.15) is 0 Å². The van der Waals surface area contributed by atoms with Gasteiger partial charge in [-0.1, -0.05) is 12.1 Å². The summed E-state index contributed by atoms with van der Waals surface area (Å²) in [6.45, 7) is 2.43. The summed E-state index contributed by atoms with van der Waals surface area (Å²) < 4.78 is 27.1. The Morgan fingerprint density at radius 1 is 1.21 bits per heavy atom. The summed E-state index contributed by atoms with van der Waals surface area (Å²) in [5.74, 6) is 0.0684. The molecular formula is C17H21N3O3S. The number of carbonyl (C=O) groups is 1. The van der Waals surface area contributed by atoms with Crippen LogP contribution in [-0.4, -0.2) is 31.2 Å². The molecule has 2 heterocycles. The van der Waals surface area contributed by atoms with Crippen LogP contribution in [0.4, 0.5) is 5.69 Å². The molecule has 0 saturated carbocycles. The Morgan fingerprint density at radius 3 is 2.46 bits per heavy atom. The lowest BCUT2D eigenvalue weighted by Gasteiger charge is -2.19. The first-order chi connectivity index (χ1) is 11.4. The van der Waals surface area contributed by atoms with E-state index >= 15 is 0 Å². The van der Waals surface area contributed by atoms with E-state index in [-0.39, 0.29) is 17.7 Å². The normalized spacial score (nSPS) is 17.7. The van der Waals surface area contributed by atoms with E-state index in [0.29, 0.717) is 24.3 Å². The predicted molar refractivity (Wildman–Crippen MR) is 93.5 cm³/mol. The first-order valence-electron chi connectivity index (χ1n) is 7.91. The number of carbonyl (C=O) groups excluding carboxylic acids is 1. The van der Waals surface area contributed by atoms with Gasteiger partial charge in [0, 0.05) is 19.8 Å². The van der Waals surface area contributed by atoms with Gasteiger partial charge in [-0.15, -0.1) is 0 Å². The van der Waals surface area contributed by atoms with E-state index in [1.807, 2.05) is 38.4 Å². The lowest BCUT2D eigenvalue weighted by Crippen LogP contribution is -2.28. The monoisotopic (exact) mass is 347 g/mol. The second-order valence-corrected chi connectivity index (χ2v) is 8.05. The fourth-order valence-corrected chi connectivity index (χ4v) is 4.47. The molecule has 24 heavy (non-hydrogen) atoms. The van der Waals surface area contributed by atoms with E-state index in [0.717, 1.165) is 5.56 Å². The molecule has 6 nitrogen and oxygen atoms in total. The van der Waals surface area contributed by atoms with Crippen LogP contribution in [0.3, 0.4) is 0 Å². The molecule has 1 amide bonds. The minimum absolute atomic E-state index is 0.138. The van der Waals surface area contributed by atoms with Crippen LogP contribution in [0.5, 0.6) is 0 Å². The number of hydrogen-bond acceptors (Lipinski definition) is 3. The standard InChI is InChI=1S/C17H21N3O3S/c1-13(18-17(21)16-5-3-10-19(16)2)14-6-8-15(9-7-14)20-11-4-12-24(20,22)23/h3,5-10,13H,4,11-12H2,1-2H3,(H,18,21)/t13-/m0/s1. The molecule has 128 valence electrons. The minimum Gasteiger partial charge on any atom is -0.347 e. The molecule has 1 aliphatic rings. The Labute approximate surface area is 142 Å². The van der Waals surface area contributed by atoms with Crippen LogP contribution in [-0.2, 0) is 17.1 Å². The molecule has 1 fully saturated rings. The molecular weight excluding hydrogens is 326 g/mol. The van der Waals surface area contributed by atoms with E-state index in [9.17, 15) is 13.2 Å². The number of anilines is 1.